The number of carbonyl (C=O) groups excluding carboxylic acids is 1. The van der Waals surface area contributed by atoms with Crippen molar-refractivity contribution in [1.29, 1.82) is 0 Å². The third kappa shape index (κ3) is 2.89. The molecule has 0 radical (unpaired) electrons. The van der Waals surface area contributed by atoms with E-state index >= 15 is 0 Å². The van der Waals surface area contributed by atoms with Crippen molar-refractivity contribution in [2.24, 2.45) is 0 Å². The van der Waals surface area contributed by atoms with Gasteiger partial charge in [0.1, 0.15) is 5.58 Å². The average Bonchev–Trinajstić information content (AvgIpc) is 3.03. The monoisotopic (exact) mass is 459 g/mol. The molecule has 5 heteroatoms. The molecule has 3 aromatic carbocycles. The van der Waals surface area contributed by atoms with Crippen LogP contribution < -0.4 is 10.3 Å². The summed E-state index contributed by atoms with van der Waals surface area (Å²) >= 11 is 3.42. The molecule has 1 unspecified atom stereocenters. The van der Waals surface area contributed by atoms with Gasteiger partial charge < -0.3 is 4.42 Å². The lowest BCUT2D eigenvalue weighted by atomic mass is 9.97. The Morgan fingerprint density at radius 2 is 1.50 bits per heavy atom. The van der Waals surface area contributed by atoms with E-state index in [1.54, 1.807) is 23.1 Å². The first-order valence-electron chi connectivity index (χ1n) is 9.67. The van der Waals surface area contributed by atoms with Gasteiger partial charge in [-0.2, -0.15) is 0 Å². The zero-order valence-corrected chi connectivity index (χ0v) is 18.1. The number of fused-ring (bicyclic) bond motifs is 2. The number of halogens is 1. The van der Waals surface area contributed by atoms with Crippen molar-refractivity contribution in [2.45, 2.75) is 19.9 Å². The number of amides is 1. The van der Waals surface area contributed by atoms with E-state index in [1.165, 1.54) is 0 Å². The van der Waals surface area contributed by atoms with Crippen molar-refractivity contribution in [3.63, 3.8) is 0 Å². The number of benzene rings is 3. The van der Waals surface area contributed by atoms with Gasteiger partial charge in [0.2, 0.25) is 5.76 Å². The van der Waals surface area contributed by atoms with Crippen molar-refractivity contribution in [3.8, 4) is 0 Å². The Hall–Kier alpha value is -3.18. The SMILES string of the molecule is Cc1ccc(C2c3c(oc4ccc(Br)cc4c3=O)C(=O)N2c2ccc(C)cc2)cc1. The van der Waals surface area contributed by atoms with Crippen molar-refractivity contribution >= 4 is 38.5 Å². The molecule has 4 nitrogen and oxygen atoms in total. The zero-order valence-electron chi connectivity index (χ0n) is 16.5. The Kier molecular flexibility index (Phi) is 4.36. The summed E-state index contributed by atoms with van der Waals surface area (Å²) < 4.78 is 6.78. The molecule has 0 saturated heterocycles. The number of hydrogen-bond acceptors (Lipinski definition) is 3. The molecule has 1 aliphatic rings. The summed E-state index contributed by atoms with van der Waals surface area (Å²) in [4.78, 5) is 28.7. The van der Waals surface area contributed by atoms with Gasteiger partial charge in [0, 0.05) is 10.2 Å². The first-order chi connectivity index (χ1) is 14.4. The quantitative estimate of drug-likeness (QED) is 0.373. The summed E-state index contributed by atoms with van der Waals surface area (Å²) in [5.41, 5.74) is 4.42. The van der Waals surface area contributed by atoms with Gasteiger partial charge in [-0.15, -0.1) is 0 Å². The fourth-order valence-electron chi connectivity index (χ4n) is 3.98. The number of carbonyl (C=O) groups is 1. The van der Waals surface area contributed by atoms with Crippen LogP contribution in [0.15, 0.2) is 80.4 Å². The molecule has 0 saturated carbocycles. The Balaban J connectivity index is 1.81. The van der Waals surface area contributed by atoms with Gasteiger partial charge in [-0.25, -0.2) is 0 Å². The summed E-state index contributed by atoms with van der Waals surface area (Å²) in [5.74, 6) is -0.192. The normalized spacial score (nSPS) is 15.6. The van der Waals surface area contributed by atoms with E-state index in [1.807, 2.05) is 62.4 Å². The van der Waals surface area contributed by atoms with Gasteiger partial charge in [0.05, 0.1) is 17.0 Å². The number of anilines is 1. The maximum absolute atomic E-state index is 13.5. The topological polar surface area (TPSA) is 50.5 Å². The zero-order chi connectivity index (χ0) is 21.0. The Morgan fingerprint density at radius 1 is 0.867 bits per heavy atom. The molecule has 1 amide bonds. The fourth-order valence-corrected chi connectivity index (χ4v) is 4.34. The summed E-state index contributed by atoms with van der Waals surface area (Å²) in [6.45, 7) is 4.01. The number of hydrogen-bond donors (Lipinski definition) is 0. The van der Waals surface area contributed by atoms with Gasteiger partial charge in [0.15, 0.2) is 5.43 Å². The van der Waals surface area contributed by atoms with Crippen molar-refractivity contribution in [1.82, 2.24) is 0 Å². The molecule has 30 heavy (non-hydrogen) atoms. The van der Waals surface area contributed by atoms with Crippen LogP contribution in [0.1, 0.15) is 38.9 Å². The van der Waals surface area contributed by atoms with Gasteiger partial charge in [-0.1, -0.05) is 63.5 Å². The van der Waals surface area contributed by atoms with E-state index in [2.05, 4.69) is 15.9 Å². The van der Waals surface area contributed by atoms with Crippen LogP contribution in [0.4, 0.5) is 5.69 Å². The predicted octanol–water partition coefficient (Wildman–Crippen LogP) is 5.92. The highest BCUT2D eigenvalue weighted by molar-refractivity contribution is 9.10. The standard InChI is InChI=1S/C25H18BrNO3/c1-14-3-7-16(8-4-14)22-21-23(28)19-13-17(26)9-12-20(19)30-24(21)25(29)27(22)18-10-5-15(2)6-11-18/h3-13,22H,1-2H3. The Bertz CT molecular complexity index is 1350. The molecule has 2 heterocycles. The highest BCUT2D eigenvalue weighted by Crippen LogP contribution is 2.41. The van der Waals surface area contributed by atoms with Crippen LogP contribution in [0.5, 0.6) is 0 Å². The molecule has 0 fully saturated rings. The van der Waals surface area contributed by atoms with Crippen LogP contribution in [-0.4, -0.2) is 5.91 Å². The molecule has 5 rings (SSSR count). The van der Waals surface area contributed by atoms with Crippen LogP contribution in [-0.2, 0) is 0 Å². The Morgan fingerprint density at radius 3 is 2.17 bits per heavy atom. The highest BCUT2D eigenvalue weighted by atomic mass is 79.9. The lowest BCUT2D eigenvalue weighted by Crippen LogP contribution is -2.29. The van der Waals surface area contributed by atoms with Crippen LogP contribution in [0, 0.1) is 13.8 Å². The summed E-state index contributed by atoms with van der Waals surface area (Å²) in [7, 11) is 0. The third-order valence-electron chi connectivity index (χ3n) is 5.54. The number of rotatable bonds is 2. The molecular formula is C25H18BrNO3. The van der Waals surface area contributed by atoms with Crippen molar-refractivity contribution < 1.29 is 9.21 Å². The third-order valence-corrected chi connectivity index (χ3v) is 6.03. The second-order valence-electron chi connectivity index (χ2n) is 7.64. The molecule has 0 N–H and O–H groups in total. The predicted molar refractivity (Wildman–Crippen MR) is 121 cm³/mol. The van der Waals surface area contributed by atoms with Crippen molar-refractivity contribution in [2.75, 3.05) is 4.90 Å². The van der Waals surface area contributed by atoms with Gasteiger partial charge in [0.25, 0.3) is 5.91 Å². The fraction of sp³-hybridized carbons (Fsp3) is 0.120. The first-order valence-corrected chi connectivity index (χ1v) is 10.5. The smallest absolute Gasteiger partial charge is 0.295 e. The largest absolute Gasteiger partial charge is 0.450 e. The van der Waals surface area contributed by atoms with Crippen LogP contribution in [0.2, 0.25) is 0 Å². The van der Waals surface area contributed by atoms with Gasteiger partial charge in [-0.05, 0) is 49.7 Å². The van der Waals surface area contributed by atoms with Crippen molar-refractivity contribution in [3.05, 3.63) is 109 Å². The highest BCUT2D eigenvalue weighted by Gasteiger charge is 2.43. The molecule has 0 spiro atoms. The molecule has 0 aliphatic carbocycles. The van der Waals surface area contributed by atoms with Gasteiger partial charge in [-0.3, -0.25) is 14.5 Å². The minimum absolute atomic E-state index is 0.112. The van der Waals surface area contributed by atoms with E-state index in [0.717, 1.165) is 26.9 Å². The lowest BCUT2D eigenvalue weighted by molar-refractivity contribution is 0.0971. The number of nitrogens with zero attached hydrogens (tertiary/aromatic N) is 1. The second kappa shape index (κ2) is 6.96. The summed E-state index contributed by atoms with van der Waals surface area (Å²) in [6, 6.07) is 20.3. The van der Waals surface area contributed by atoms with Gasteiger partial charge >= 0.3 is 0 Å². The maximum atomic E-state index is 13.5. The second-order valence-corrected chi connectivity index (χ2v) is 8.55. The van der Waals surface area contributed by atoms with Crippen LogP contribution in [0.25, 0.3) is 11.0 Å². The van der Waals surface area contributed by atoms with Crippen LogP contribution >= 0.6 is 15.9 Å². The minimum Gasteiger partial charge on any atom is -0.450 e. The molecular weight excluding hydrogens is 442 g/mol. The lowest BCUT2D eigenvalue weighted by Gasteiger charge is -2.25. The van der Waals surface area contributed by atoms with E-state index in [0.29, 0.717) is 16.5 Å². The molecule has 1 aromatic heterocycles. The van der Waals surface area contributed by atoms with E-state index < -0.39 is 6.04 Å². The summed E-state index contributed by atoms with van der Waals surface area (Å²) in [6.07, 6.45) is 0. The summed E-state index contributed by atoms with van der Waals surface area (Å²) in [5, 5.41) is 0.457. The first kappa shape index (κ1) is 18.8. The van der Waals surface area contributed by atoms with E-state index in [4.69, 9.17) is 4.42 Å². The van der Waals surface area contributed by atoms with E-state index in [-0.39, 0.29) is 17.1 Å². The molecule has 148 valence electrons. The minimum atomic E-state index is -0.546. The maximum Gasteiger partial charge on any atom is 0.295 e. The molecule has 4 aromatic rings. The molecule has 1 atom stereocenters. The van der Waals surface area contributed by atoms with E-state index in [9.17, 15) is 9.59 Å². The van der Waals surface area contributed by atoms with Crippen LogP contribution in [0.3, 0.4) is 0 Å². The molecule has 1 aliphatic heterocycles. The number of aryl methyl sites for hydroxylation is 2. The Labute approximate surface area is 181 Å². The molecule has 0 bridgehead atoms. The average molecular weight is 460 g/mol.